The van der Waals surface area contributed by atoms with E-state index in [1.165, 1.54) is 0 Å². The second kappa shape index (κ2) is 2.43. The Balaban J connectivity index is 2.79. The molecule has 1 atom stereocenters. The van der Waals surface area contributed by atoms with Gasteiger partial charge in [-0.2, -0.15) is 0 Å². The second-order valence-electron chi connectivity index (χ2n) is 2.14. The third kappa shape index (κ3) is 1.19. The van der Waals surface area contributed by atoms with E-state index in [0.717, 1.165) is 0 Å². The lowest BCUT2D eigenvalue weighted by atomic mass is 10.4. The minimum absolute atomic E-state index is 0.294. The molecule has 4 nitrogen and oxygen atoms in total. The highest BCUT2D eigenvalue weighted by Gasteiger charge is 2.15. The van der Waals surface area contributed by atoms with Crippen LogP contribution in [-0.4, -0.2) is 23.2 Å². The van der Waals surface area contributed by atoms with E-state index >= 15 is 0 Å². The van der Waals surface area contributed by atoms with Crippen LogP contribution in [0, 0.1) is 0 Å². The molecule has 0 spiro atoms. The van der Waals surface area contributed by atoms with E-state index in [9.17, 15) is 0 Å². The molecule has 0 aliphatic carbocycles. The van der Waals surface area contributed by atoms with Crippen LogP contribution in [-0.2, 0) is 0 Å². The van der Waals surface area contributed by atoms with E-state index in [1.54, 1.807) is 11.0 Å². The highest BCUT2D eigenvalue weighted by Crippen LogP contribution is 1.99. The Morgan fingerprint density at radius 3 is 2.90 bits per heavy atom. The normalized spacial score (nSPS) is 25.8. The van der Waals surface area contributed by atoms with Crippen molar-refractivity contribution in [1.29, 1.82) is 0 Å². The summed E-state index contributed by atoms with van der Waals surface area (Å²) in [4.78, 5) is 2.38. The zero-order valence-electron chi connectivity index (χ0n) is 5.66. The molecule has 10 heavy (non-hydrogen) atoms. The van der Waals surface area contributed by atoms with Gasteiger partial charge in [0.2, 0.25) is 0 Å². The van der Waals surface area contributed by atoms with Crippen molar-refractivity contribution in [3.63, 3.8) is 0 Å². The van der Waals surface area contributed by atoms with Crippen LogP contribution in [0.25, 0.3) is 0 Å². The summed E-state index contributed by atoms with van der Waals surface area (Å²) in [7, 11) is 1.81. The van der Waals surface area contributed by atoms with Gasteiger partial charge in [-0.1, -0.05) is 12.2 Å². The Kier molecular flexibility index (Phi) is 1.78. The lowest BCUT2D eigenvalue weighted by Crippen LogP contribution is -2.55. The van der Waals surface area contributed by atoms with Crippen LogP contribution in [0.3, 0.4) is 0 Å². The minimum atomic E-state index is -0.294. The van der Waals surface area contributed by atoms with Crippen molar-refractivity contribution in [2.75, 3.05) is 7.05 Å². The van der Waals surface area contributed by atoms with Crippen molar-refractivity contribution in [3.05, 3.63) is 11.9 Å². The first kappa shape index (κ1) is 7.30. The first-order valence-electron chi connectivity index (χ1n) is 2.87. The van der Waals surface area contributed by atoms with Gasteiger partial charge in [0.05, 0.1) is 0 Å². The molecule has 1 rings (SSSR count). The van der Waals surface area contributed by atoms with Gasteiger partial charge < -0.3 is 16.0 Å². The maximum atomic E-state index is 5.57. The largest absolute Gasteiger partial charge is 0.385 e. The third-order valence-corrected chi connectivity index (χ3v) is 1.76. The van der Waals surface area contributed by atoms with E-state index in [0.29, 0.717) is 10.8 Å². The van der Waals surface area contributed by atoms with E-state index in [1.807, 2.05) is 7.05 Å². The van der Waals surface area contributed by atoms with Crippen LogP contribution in [0.1, 0.15) is 0 Å². The Morgan fingerprint density at radius 1 is 1.80 bits per heavy atom. The maximum Gasteiger partial charge on any atom is 0.154 e. The number of thiocarbonyl (C=S) groups is 1. The Bertz CT molecular complexity index is 188. The van der Waals surface area contributed by atoms with Crippen molar-refractivity contribution in [3.8, 4) is 0 Å². The van der Waals surface area contributed by atoms with E-state index in [4.69, 9.17) is 23.7 Å². The van der Waals surface area contributed by atoms with Gasteiger partial charge >= 0.3 is 0 Å². The van der Waals surface area contributed by atoms with Gasteiger partial charge in [-0.05, 0) is 0 Å². The van der Waals surface area contributed by atoms with E-state index in [-0.39, 0.29) is 6.29 Å². The molecule has 0 aromatic heterocycles. The van der Waals surface area contributed by atoms with Gasteiger partial charge in [-0.15, -0.1) is 0 Å². The molecule has 0 aromatic rings. The van der Waals surface area contributed by atoms with Crippen molar-refractivity contribution < 1.29 is 0 Å². The fourth-order valence-electron chi connectivity index (χ4n) is 0.681. The molecule has 1 unspecified atom stereocenters. The number of hydrogen-bond donors (Lipinski definition) is 3. The second-order valence-corrected chi connectivity index (χ2v) is 2.56. The van der Waals surface area contributed by atoms with Crippen LogP contribution >= 0.6 is 12.2 Å². The predicted octanol–water partition coefficient (Wildman–Crippen LogP) is -1.11. The third-order valence-electron chi connectivity index (χ3n) is 1.36. The zero-order chi connectivity index (χ0) is 7.72. The first-order chi connectivity index (χ1) is 4.61. The summed E-state index contributed by atoms with van der Waals surface area (Å²) >= 11 is 4.93. The first-order valence-corrected chi connectivity index (χ1v) is 3.28. The SMILES string of the molecule is CN1C(=S)C=C(N)NC1N. The van der Waals surface area contributed by atoms with Gasteiger partial charge in [-0.3, -0.25) is 5.73 Å². The molecular formula is C5H10N4S. The number of nitrogens with one attached hydrogen (secondary N) is 1. The number of hydrogen-bond acceptors (Lipinski definition) is 4. The lowest BCUT2D eigenvalue weighted by molar-refractivity contribution is 0.330. The average molecular weight is 158 g/mol. The molecular weight excluding hydrogens is 148 g/mol. The predicted molar refractivity (Wildman–Crippen MR) is 43.7 cm³/mol. The fourth-order valence-corrected chi connectivity index (χ4v) is 0.922. The smallest absolute Gasteiger partial charge is 0.154 e. The topological polar surface area (TPSA) is 67.3 Å². The van der Waals surface area contributed by atoms with Crippen LogP contribution in [0.5, 0.6) is 0 Å². The average Bonchev–Trinajstić information content (AvgIpc) is 1.82. The van der Waals surface area contributed by atoms with Crippen molar-refractivity contribution in [2.24, 2.45) is 11.5 Å². The molecule has 0 aromatic carbocycles. The Morgan fingerprint density at radius 2 is 2.40 bits per heavy atom. The van der Waals surface area contributed by atoms with Gasteiger partial charge in [0.25, 0.3) is 0 Å². The standard InChI is InChI=1S/C5H10N4S/c1-9-4(10)2-3(6)8-5(9)7/h2,5,8H,6-7H2,1H3. The maximum absolute atomic E-state index is 5.57. The highest BCUT2D eigenvalue weighted by molar-refractivity contribution is 7.80. The van der Waals surface area contributed by atoms with Crippen molar-refractivity contribution in [1.82, 2.24) is 10.2 Å². The highest BCUT2D eigenvalue weighted by atomic mass is 32.1. The van der Waals surface area contributed by atoms with Gasteiger partial charge in [0, 0.05) is 13.1 Å². The Labute approximate surface area is 64.9 Å². The summed E-state index contributed by atoms with van der Waals surface area (Å²) in [5, 5.41) is 2.81. The molecule has 56 valence electrons. The zero-order valence-corrected chi connectivity index (χ0v) is 6.48. The number of nitrogens with zero attached hydrogens (tertiary/aromatic N) is 1. The summed E-state index contributed by atoms with van der Waals surface area (Å²) in [6.45, 7) is 0. The van der Waals surface area contributed by atoms with Crippen LogP contribution in [0.4, 0.5) is 0 Å². The summed E-state index contributed by atoms with van der Waals surface area (Å²) in [5.41, 5.74) is 11.0. The molecule has 0 fully saturated rings. The monoisotopic (exact) mass is 158 g/mol. The van der Waals surface area contributed by atoms with Crippen LogP contribution in [0.15, 0.2) is 11.9 Å². The molecule has 1 aliphatic rings. The summed E-state index contributed by atoms with van der Waals surface area (Å²) < 4.78 is 0. The van der Waals surface area contributed by atoms with Gasteiger partial charge in [-0.25, -0.2) is 0 Å². The summed E-state index contributed by atoms with van der Waals surface area (Å²) in [5.74, 6) is 0.524. The van der Waals surface area contributed by atoms with Crippen molar-refractivity contribution >= 4 is 17.2 Å². The number of likely N-dealkylation sites (N-methyl/N-ethyl adjacent to an activating group) is 1. The molecule has 5 N–H and O–H groups in total. The quantitative estimate of drug-likeness (QED) is 0.390. The summed E-state index contributed by atoms with van der Waals surface area (Å²) in [6.07, 6.45) is 1.37. The molecule has 0 bridgehead atoms. The molecule has 1 aliphatic heterocycles. The lowest BCUT2D eigenvalue weighted by Gasteiger charge is -2.31. The fraction of sp³-hybridized carbons (Fsp3) is 0.400. The van der Waals surface area contributed by atoms with Gasteiger partial charge in [0.15, 0.2) is 6.29 Å². The minimum Gasteiger partial charge on any atom is -0.385 e. The van der Waals surface area contributed by atoms with E-state index < -0.39 is 0 Å². The van der Waals surface area contributed by atoms with Crippen molar-refractivity contribution in [2.45, 2.75) is 6.29 Å². The van der Waals surface area contributed by atoms with Crippen LogP contribution in [0.2, 0.25) is 0 Å². The molecule has 0 radical (unpaired) electrons. The molecule has 0 amide bonds. The summed E-state index contributed by atoms with van der Waals surface area (Å²) in [6, 6.07) is 0. The van der Waals surface area contributed by atoms with Gasteiger partial charge in [0.1, 0.15) is 10.8 Å². The molecule has 5 heteroatoms. The van der Waals surface area contributed by atoms with E-state index in [2.05, 4.69) is 5.32 Å². The molecule has 0 saturated carbocycles. The number of nitrogens with two attached hydrogens (primary N) is 2. The molecule has 1 heterocycles. The Hall–Kier alpha value is -0.810. The number of rotatable bonds is 0. The molecule has 0 saturated heterocycles. The van der Waals surface area contributed by atoms with Crippen LogP contribution < -0.4 is 16.8 Å².